The highest BCUT2D eigenvalue weighted by Crippen LogP contribution is 2.16. The Bertz CT molecular complexity index is 1210. The molecule has 0 aliphatic rings. The van der Waals surface area contributed by atoms with Gasteiger partial charge in [0, 0.05) is 19.3 Å². The van der Waals surface area contributed by atoms with Gasteiger partial charge in [0.1, 0.15) is 13.2 Å². The molecule has 0 bridgehead atoms. The molecule has 67 heavy (non-hydrogen) atoms. The summed E-state index contributed by atoms with van der Waals surface area (Å²) in [6.07, 6.45) is 69.2. The van der Waals surface area contributed by atoms with E-state index in [1.165, 1.54) is 161 Å². The van der Waals surface area contributed by atoms with E-state index in [1.54, 1.807) is 0 Å². The molecule has 0 N–H and O–H groups in total. The van der Waals surface area contributed by atoms with Crippen molar-refractivity contribution >= 4 is 17.9 Å². The van der Waals surface area contributed by atoms with E-state index < -0.39 is 6.10 Å². The molecule has 0 fully saturated rings. The summed E-state index contributed by atoms with van der Waals surface area (Å²) in [5, 5.41) is 0. The molecule has 0 unspecified atom stereocenters. The molecular weight excluding hydrogens is 829 g/mol. The molecule has 0 saturated carbocycles. The number of rotatable bonds is 52. The maximum absolute atomic E-state index is 12.8. The number of hydrogen-bond donors (Lipinski definition) is 0. The van der Waals surface area contributed by atoms with Crippen LogP contribution in [-0.2, 0) is 28.6 Å². The van der Waals surface area contributed by atoms with Gasteiger partial charge in [0.15, 0.2) is 6.10 Å². The highest BCUT2D eigenvalue weighted by atomic mass is 16.6. The number of unbranched alkanes of at least 4 members (excludes halogenated alkanes) is 31. The Morgan fingerprint density at radius 1 is 0.299 bits per heavy atom. The van der Waals surface area contributed by atoms with Crippen molar-refractivity contribution in [3.8, 4) is 0 Å². The Hall–Kier alpha value is -2.89. The third-order valence-electron chi connectivity index (χ3n) is 12.5. The Morgan fingerprint density at radius 3 is 0.896 bits per heavy atom. The molecule has 0 rings (SSSR count). The molecule has 0 heterocycles. The van der Waals surface area contributed by atoms with Crippen molar-refractivity contribution in [1.29, 1.82) is 0 Å². The van der Waals surface area contributed by atoms with Gasteiger partial charge in [0.2, 0.25) is 0 Å². The lowest BCUT2D eigenvalue weighted by Gasteiger charge is -2.18. The predicted octanol–water partition coefficient (Wildman–Crippen LogP) is 19.2. The summed E-state index contributed by atoms with van der Waals surface area (Å²) >= 11 is 0. The minimum atomic E-state index is -0.789. The van der Waals surface area contributed by atoms with Crippen LogP contribution in [0.1, 0.15) is 290 Å². The van der Waals surface area contributed by atoms with Crippen LogP contribution in [0.5, 0.6) is 0 Å². The van der Waals surface area contributed by atoms with Crippen LogP contribution in [0.2, 0.25) is 0 Å². The molecular formula is C61H108O6. The van der Waals surface area contributed by atoms with Crippen molar-refractivity contribution in [1.82, 2.24) is 0 Å². The molecule has 0 aromatic carbocycles. The van der Waals surface area contributed by atoms with Crippen molar-refractivity contribution in [2.45, 2.75) is 297 Å². The smallest absolute Gasteiger partial charge is 0.306 e. The topological polar surface area (TPSA) is 78.9 Å². The summed E-state index contributed by atoms with van der Waals surface area (Å²) in [5.41, 5.74) is 0. The van der Waals surface area contributed by atoms with Crippen molar-refractivity contribution in [3.63, 3.8) is 0 Å². The van der Waals surface area contributed by atoms with E-state index >= 15 is 0 Å². The average molecular weight is 938 g/mol. The third-order valence-corrected chi connectivity index (χ3v) is 12.5. The van der Waals surface area contributed by atoms with Gasteiger partial charge in [-0.15, -0.1) is 0 Å². The van der Waals surface area contributed by atoms with Crippen LogP contribution in [0.25, 0.3) is 0 Å². The van der Waals surface area contributed by atoms with Gasteiger partial charge < -0.3 is 14.2 Å². The van der Waals surface area contributed by atoms with E-state index in [9.17, 15) is 14.4 Å². The Kier molecular flexibility index (Phi) is 53.3. The van der Waals surface area contributed by atoms with Gasteiger partial charge in [0.25, 0.3) is 0 Å². The quantitative estimate of drug-likeness (QED) is 0.0262. The fourth-order valence-corrected chi connectivity index (χ4v) is 8.13. The highest BCUT2D eigenvalue weighted by Gasteiger charge is 2.19. The second-order valence-corrected chi connectivity index (χ2v) is 19.2. The molecule has 0 aliphatic carbocycles. The summed E-state index contributed by atoms with van der Waals surface area (Å²) in [6, 6.07) is 0. The van der Waals surface area contributed by atoms with E-state index in [1.807, 2.05) is 0 Å². The van der Waals surface area contributed by atoms with Crippen LogP contribution in [-0.4, -0.2) is 37.2 Å². The molecule has 388 valence electrons. The lowest BCUT2D eigenvalue weighted by Crippen LogP contribution is -2.30. The molecule has 0 aromatic rings. The van der Waals surface area contributed by atoms with Crippen molar-refractivity contribution in [3.05, 3.63) is 60.8 Å². The van der Waals surface area contributed by atoms with Crippen molar-refractivity contribution in [2.75, 3.05) is 13.2 Å². The van der Waals surface area contributed by atoms with Gasteiger partial charge >= 0.3 is 17.9 Å². The summed E-state index contributed by atoms with van der Waals surface area (Å²) in [6.45, 7) is 6.60. The van der Waals surface area contributed by atoms with Gasteiger partial charge in [-0.1, -0.05) is 242 Å². The number of carbonyl (C=O) groups is 3. The van der Waals surface area contributed by atoms with Crippen LogP contribution in [0.15, 0.2) is 60.8 Å². The molecule has 0 aromatic heterocycles. The lowest BCUT2D eigenvalue weighted by atomic mass is 10.0. The van der Waals surface area contributed by atoms with E-state index in [0.29, 0.717) is 19.3 Å². The minimum absolute atomic E-state index is 0.0865. The van der Waals surface area contributed by atoms with Crippen molar-refractivity contribution < 1.29 is 28.6 Å². The Labute approximate surface area is 415 Å². The van der Waals surface area contributed by atoms with E-state index in [2.05, 4.69) is 81.5 Å². The fraction of sp³-hybridized carbons (Fsp3) is 0.787. The summed E-state index contributed by atoms with van der Waals surface area (Å²) in [4.78, 5) is 38.1. The second-order valence-electron chi connectivity index (χ2n) is 19.2. The zero-order chi connectivity index (χ0) is 48.6. The van der Waals surface area contributed by atoms with Crippen LogP contribution < -0.4 is 0 Å². The molecule has 0 spiro atoms. The van der Waals surface area contributed by atoms with Crippen LogP contribution in [0.3, 0.4) is 0 Å². The van der Waals surface area contributed by atoms with Gasteiger partial charge in [-0.05, 0) is 89.9 Å². The monoisotopic (exact) mass is 937 g/mol. The van der Waals surface area contributed by atoms with Crippen LogP contribution >= 0.6 is 0 Å². The van der Waals surface area contributed by atoms with E-state index in [0.717, 1.165) is 89.9 Å². The number of hydrogen-bond acceptors (Lipinski definition) is 6. The van der Waals surface area contributed by atoms with Gasteiger partial charge in [-0.3, -0.25) is 14.4 Å². The normalized spacial score (nSPS) is 12.5. The average Bonchev–Trinajstić information content (AvgIpc) is 3.33. The van der Waals surface area contributed by atoms with E-state index in [-0.39, 0.29) is 31.1 Å². The van der Waals surface area contributed by atoms with Crippen LogP contribution in [0, 0.1) is 0 Å². The first-order valence-electron chi connectivity index (χ1n) is 28.8. The number of ether oxygens (including phenoxy) is 3. The molecule has 6 heteroatoms. The Morgan fingerprint density at radius 2 is 0.537 bits per heavy atom. The highest BCUT2D eigenvalue weighted by molar-refractivity contribution is 5.71. The number of esters is 3. The zero-order valence-electron chi connectivity index (χ0n) is 44.4. The fourth-order valence-electron chi connectivity index (χ4n) is 8.13. The molecule has 0 radical (unpaired) electrons. The van der Waals surface area contributed by atoms with E-state index in [4.69, 9.17) is 14.2 Å². The lowest BCUT2D eigenvalue weighted by molar-refractivity contribution is -0.167. The van der Waals surface area contributed by atoms with Crippen LogP contribution in [0.4, 0.5) is 0 Å². The summed E-state index contributed by atoms with van der Waals surface area (Å²) in [5.74, 6) is -0.914. The zero-order valence-corrected chi connectivity index (χ0v) is 44.4. The second kappa shape index (κ2) is 55.7. The SMILES string of the molecule is CCCCC/C=C\C/C=C\C/C=C\C/C=C\CCCCCC(=O)OC[C@@H](COC(=O)CCCCCCC/C=C\CCCCCCC)OC(=O)CCCCCCCCCCCCCCCCCC. The number of allylic oxidation sites excluding steroid dienone is 10. The molecule has 6 nitrogen and oxygen atoms in total. The summed E-state index contributed by atoms with van der Waals surface area (Å²) in [7, 11) is 0. The maximum Gasteiger partial charge on any atom is 0.306 e. The number of carbonyl (C=O) groups excluding carboxylic acids is 3. The van der Waals surface area contributed by atoms with Gasteiger partial charge in [0.05, 0.1) is 0 Å². The first-order chi connectivity index (χ1) is 33.0. The first-order valence-corrected chi connectivity index (χ1v) is 28.8. The standard InChI is InChI=1S/C61H108O6/c1-4-7-10-13-16-19-22-25-28-30-31-32-34-36-39-42-45-48-51-54-60(63)66-57-58(56-65-59(62)53-50-47-44-41-38-35-27-24-21-18-15-12-9-6-3)67-61(64)55-52-49-46-43-40-37-33-29-26-23-20-17-14-11-8-5-2/h16,19,24-25,27-28,31-32,36,39,58H,4-15,17-18,20-23,26,29-30,33-35,37-38,40-57H2,1-3H3/b19-16-,27-24-,28-25-,32-31-,39-36-/t58-/m1/s1. The van der Waals surface area contributed by atoms with Gasteiger partial charge in [-0.25, -0.2) is 0 Å². The largest absolute Gasteiger partial charge is 0.462 e. The Balaban J connectivity index is 4.42. The first kappa shape index (κ1) is 64.1. The molecule has 0 aliphatic heterocycles. The maximum atomic E-state index is 12.8. The summed E-state index contributed by atoms with van der Waals surface area (Å²) < 4.78 is 16.8. The third kappa shape index (κ3) is 53.9. The van der Waals surface area contributed by atoms with Crippen molar-refractivity contribution in [2.24, 2.45) is 0 Å². The molecule has 1 atom stereocenters. The molecule has 0 saturated heterocycles. The minimum Gasteiger partial charge on any atom is -0.462 e. The molecule has 0 amide bonds. The predicted molar refractivity (Wildman–Crippen MR) is 288 cm³/mol. The van der Waals surface area contributed by atoms with Gasteiger partial charge in [-0.2, -0.15) is 0 Å².